The van der Waals surface area contributed by atoms with Gasteiger partial charge in [-0.05, 0) is 49.6 Å². The van der Waals surface area contributed by atoms with E-state index in [4.69, 9.17) is 21.1 Å². The molecule has 2 N–H and O–H groups in total. The molecule has 0 aliphatic carbocycles. The van der Waals surface area contributed by atoms with Crippen molar-refractivity contribution in [2.24, 2.45) is 5.10 Å². The summed E-state index contributed by atoms with van der Waals surface area (Å²) in [5.74, 6) is 0.897. The first-order valence-corrected chi connectivity index (χ1v) is 9.54. The van der Waals surface area contributed by atoms with Crippen molar-refractivity contribution in [3.8, 4) is 11.5 Å². The Labute approximate surface area is 169 Å². The van der Waals surface area contributed by atoms with Gasteiger partial charge in [0.2, 0.25) is 0 Å². The average molecular weight is 402 g/mol. The molecule has 148 valence electrons. The number of rotatable bonds is 5. The SMILES string of the molecule is Cc1cc(C)c(NCC(=O)N/N=C\c2cc(Cl)c3c(c2)OCCCO3)c(C)c1. The Hall–Kier alpha value is -2.73. The smallest absolute Gasteiger partial charge is 0.259 e. The zero-order valence-corrected chi connectivity index (χ0v) is 17.0. The van der Waals surface area contributed by atoms with Gasteiger partial charge in [0, 0.05) is 12.1 Å². The molecule has 0 saturated heterocycles. The minimum absolute atomic E-state index is 0.129. The van der Waals surface area contributed by atoms with Crippen LogP contribution < -0.4 is 20.2 Å². The fourth-order valence-corrected chi connectivity index (χ4v) is 3.44. The normalized spacial score (nSPS) is 13.3. The van der Waals surface area contributed by atoms with E-state index in [0.717, 1.165) is 23.2 Å². The number of hydrogen-bond donors (Lipinski definition) is 2. The van der Waals surface area contributed by atoms with E-state index in [-0.39, 0.29) is 12.5 Å². The standard InChI is InChI=1S/C21H24ClN3O3/c1-13-7-14(2)20(15(3)8-13)23-12-19(26)25-24-11-16-9-17(22)21-18(10-16)27-5-4-6-28-21/h7-11,23H,4-6,12H2,1-3H3,(H,25,26)/b24-11-. The number of carbonyl (C=O) groups is 1. The molecular formula is C21H24ClN3O3. The molecule has 0 spiro atoms. The Kier molecular flexibility index (Phi) is 6.41. The number of benzene rings is 2. The molecule has 3 rings (SSSR count). The van der Waals surface area contributed by atoms with Crippen molar-refractivity contribution in [3.63, 3.8) is 0 Å². The fourth-order valence-electron chi connectivity index (χ4n) is 3.17. The van der Waals surface area contributed by atoms with Crippen molar-refractivity contribution >= 4 is 29.4 Å². The summed E-state index contributed by atoms with van der Waals surface area (Å²) in [5.41, 5.74) is 7.62. The molecule has 2 aromatic rings. The van der Waals surface area contributed by atoms with Crippen molar-refractivity contribution < 1.29 is 14.3 Å². The zero-order chi connectivity index (χ0) is 20.1. The third-order valence-corrected chi connectivity index (χ3v) is 4.61. The number of amides is 1. The molecule has 0 saturated carbocycles. The van der Waals surface area contributed by atoms with Crippen LogP contribution in [0.5, 0.6) is 11.5 Å². The third kappa shape index (κ3) is 4.95. The van der Waals surface area contributed by atoms with Crippen LogP contribution in [-0.2, 0) is 4.79 Å². The molecule has 1 aliphatic rings. The lowest BCUT2D eigenvalue weighted by atomic mass is 10.1. The van der Waals surface area contributed by atoms with Gasteiger partial charge in [-0.3, -0.25) is 4.79 Å². The summed E-state index contributed by atoms with van der Waals surface area (Å²) >= 11 is 6.26. The highest BCUT2D eigenvalue weighted by Gasteiger charge is 2.15. The molecule has 0 atom stereocenters. The van der Waals surface area contributed by atoms with Gasteiger partial charge in [0.05, 0.1) is 31.0 Å². The lowest BCUT2D eigenvalue weighted by Gasteiger charge is -2.13. The lowest BCUT2D eigenvalue weighted by Crippen LogP contribution is -2.26. The maximum absolute atomic E-state index is 12.1. The summed E-state index contributed by atoms with van der Waals surface area (Å²) in [6.07, 6.45) is 2.33. The highest BCUT2D eigenvalue weighted by atomic mass is 35.5. The molecule has 2 aromatic carbocycles. The van der Waals surface area contributed by atoms with Gasteiger partial charge in [-0.15, -0.1) is 0 Å². The first-order chi connectivity index (χ1) is 13.4. The van der Waals surface area contributed by atoms with Crippen molar-refractivity contribution in [1.29, 1.82) is 0 Å². The van der Waals surface area contributed by atoms with Gasteiger partial charge in [-0.1, -0.05) is 29.3 Å². The number of carbonyl (C=O) groups excluding carboxylic acids is 1. The molecule has 0 unspecified atom stereocenters. The largest absolute Gasteiger partial charge is 0.489 e. The van der Waals surface area contributed by atoms with Crippen LogP contribution in [0.2, 0.25) is 5.02 Å². The summed E-state index contributed by atoms with van der Waals surface area (Å²) in [5, 5.41) is 7.63. The number of hydrazone groups is 1. The second kappa shape index (κ2) is 8.97. The Morgan fingerprint density at radius 2 is 1.86 bits per heavy atom. The highest BCUT2D eigenvalue weighted by molar-refractivity contribution is 6.32. The number of fused-ring (bicyclic) bond motifs is 1. The predicted octanol–water partition coefficient (Wildman–Crippen LogP) is 3.99. The second-order valence-electron chi connectivity index (χ2n) is 6.80. The number of hydrogen-bond acceptors (Lipinski definition) is 5. The van der Waals surface area contributed by atoms with Gasteiger partial charge >= 0.3 is 0 Å². The fraction of sp³-hybridized carbons (Fsp3) is 0.333. The quantitative estimate of drug-likeness (QED) is 0.587. The van der Waals surface area contributed by atoms with E-state index < -0.39 is 0 Å². The Bertz CT molecular complexity index is 889. The van der Waals surface area contributed by atoms with E-state index in [0.29, 0.717) is 35.3 Å². The number of halogens is 1. The molecule has 0 bridgehead atoms. The summed E-state index contributed by atoms with van der Waals surface area (Å²) < 4.78 is 11.2. The van der Waals surface area contributed by atoms with Crippen LogP contribution in [-0.4, -0.2) is 31.9 Å². The minimum atomic E-state index is -0.240. The van der Waals surface area contributed by atoms with Crippen LogP contribution in [0.15, 0.2) is 29.4 Å². The monoisotopic (exact) mass is 401 g/mol. The summed E-state index contributed by atoms with van der Waals surface area (Å²) in [4.78, 5) is 12.1. The van der Waals surface area contributed by atoms with E-state index in [1.165, 1.54) is 11.8 Å². The second-order valence-corrected chi connectivity index (χ2v) is 7.21. The Balaban J connectivity index is 1.58. The minimum Gasteiger partial charge on any atom is -0.489 e. The molecule has 6 nitrogen and oxygen atoms in total. The average Bonchev–Trinajstić information content (AvgIpc) is 2.86. The third-order valence-electron chi connectivity index (χ3n) is 4.33. The molecule has 0 fully saturated rings. The van der Waals surface area contributed by atoms with Gasteiger partial charge in [0.25, 0.3) is 5.91 Å². The van der Waals surface area contributed by atoms with Gasteiger partial charge in [-0.25, -0.2) is 5.43 Å². The Morgan fingerprint density at radius 1 is 1.14 bits per heavy atom. The number of ether oxygens (including phenoxy) is 2. The lowest BCUT2D eigenvalue weighted by molar-refractivity contribution is -0.119. The predicted molar refractivity (Wildman–Crippen MR) is 112 cm³/mol. The maximum atomic E-state index is 12.1. The topological polar surface area (TPSA) is 72.0 Å². The molecule has 28 heavy (non-hydrogen) atoms. The molecule has 0 aromatic heterocycles. The molecule has 1 heterocycles. The van der Waals surface area contributed by atoms with E-state index >= 15 is 0 Å². The molecular weight excluding hydrogens is 378 g/mol. The van der Waals surface area contributed by atoms with E-state index in [2.05, 4.69) is 34.9 Å². The molecule has 1 amide bonds. The van der Waals surface area contributed by atoms with E-state index in [1.54, 1.807) is 12.1 Å². The molecule has 1 aliphatic heterocycles. The Morgan fingerprint density at radius 3 is 2.61 bits per heavy atom. The number of nitrogens with zero attached hydrogens (tertiary/aromatic N) is 1. The van der Waals surface area contributed by atoms with Crippen molar-refractivity contribution in [3.05, 3.63) is 51.5 Å². The summed E-state index contributed by atoms with van der Waals surface area (Å²) in [6, 6.07) is 7.68. The van der Waals surface area contributed by atoms with Gasteiger partial charge < -0.3 is 14.8 Å². The van der Waals surface area contributed by atoms with Crippen molar-refractivity contribution in [2.45, 2.75) is 27.2 Å². The van der Waals surface area contributed by atoms with Crippen molar-refractivity contribution in [2.75, 3.05) is 25.1 Å². The number of anilines is 1. The van der Waals surface area contributed by atoms with Gasteiger partial charge in [-0.2, -0.15) is 5.10 Å². The van der Waals surface area contributed by atoms with Crippen LogP contribution in [0.4, 0.5) is 5.69 Å². The highest BCUT2D eigenvalue weighted by Crippen LogP contribution is 2.37. The first-order valence-electron chi connectivity index (χ1n) is 9.17. The van der Waals surface area contributed by atoms with Crippen LogP contribution in [0.25, 0.3) is 0 Å². The zero-order valence-electron chi connectivity index (χ0n) is 16.3. The van der Waals surface area contributed by atoms with Crippen LogP contribution in [0, 0.1) is 20.8 Å². The number of nitrogens with one attached hydrogen (secondary N) is 2. The maximum Gasteiger partial charge on any atom is 0.259 e. The van der Waals surface area contributed by atoms with E-state index in [9.17, 15) is 4.79 Å². The molecule has 0 radical (unpaired) electrons. The summed E-state index contributed by atoms with van der Waals surface area (Å²) in [6.45, 7) is 7.37. The molecule has 7 heteroatoms. The van der Waals surface area contributed by atoms with Gasteiger partial charge in [0.1, 0.15) is 0 Å². The van der Waals surface area contributed by atoms with Crippen LogP contribution in [0.1, 0.15) is 28.7 Å². The van der Waals surface area contributed by atoms with Crippen LogP contribution in [0.3, 0.4) is 0 Å². The number of aryl methyl sites for hydroxylation is 3. The first kappa shape index (κ1) is 20.0. The van der Waals surface area contributed by atoms with Crippen molar-refractivity contribution in [1.82, 2.24) is 5.43 Å². The van der Waals surface area contributed by atoms with E-state index in [1.807, 2.05) is 13.8 Å². The van der Waals surface area contributed by atoms with Gasteiger partial charge in [0.15, 0.2) is 11.5 Å². The summed E-state index contributed by atoms with van der Waals surface area (Å²) in [7, 11) is 0. The van der Waals surface area contributed by atoms with Crippen LogP contribution >= 0.6 is 11.6 Å².